The van der Waals surface area contributed by atoms with Crippen LogP contribution in [0.3, 0.4) is 0 Å². The molecule has 7 nitrogen and oxygen atoms in total. The van der Waals surface area contributed by atoms with Crippen molar-refractivity contribution < 1.29 is 14.1 Å². The predicted molar refractivity (Wildman–Crippen MR) is 105 cm³/mol. The van der Waals surface area contributed by atoms with Crippen LogP contribution in [0.5, 0.6) is 0 Å². The average molecular weight is 399 g/mol. The fourth-order valence-corrected chi connectivity index (χ4v) is 2.84. The van der Waals surface area contributed by atoms with Crippen LogP contribution in [0.15, 0.2) is 59.4 Å². The lowest BCUT2D eigenvalue weighted by atomic mass is 9.91. The van der Waals surface area contributed by atoms with Crippen LogP contribution in [-0.2, 0) is 16.0 Å². The molecule has 3 aromatic rings. The maximum atomic E-state index is 12.8. The van der Waals surface area contributed by atoms with E-state index in [1.165, 1.54) is 0 Å². The van der Waals surface area contributed by atoms with Gasteiger partial charge in [0.15, 0.2) is 5.82 Å². The van der Waals surface area contributed by atoms with Crippen molar-refractivity contribution in [3.63, 3.8) is 0 Å². The molecule has 0 saturated heterocycles. The summed E-state index contributed by atoms with van der Waals surface area (Å²) in [6.07, 6.45) is 3.83. The van der Waals surface area contributed by atoms with E-state index in [1.807, 2.05) is 24.3 Å². The summed E-state index contributed by atoms with van der Waals surface area (Å²) in [6.45, 7) is 1.55. The Morgan fingerprint density at radius 1 is 1.14 bits per heavy atom. The van der Waals surface area contributed by atoms with Crippen molar-refractivity contribution in [3.8, 4) is 0 Å². The first kappa shape index (κ1) is 19.6. The van der Waals surface area contributed by atoms with Crippen LogP contribution in [0.25, 0.3) is 0 Å². The molecule has 0 aliphatic rings. The van der Waals surface area contributed by atoms with E-state index in [9.17, 15) is 9.59 Å². The molecule has 2 N–H and O–H groups in total. The number of carbonyl (C=O) groups is 2. The zero-order chi connectivity index (χ0) is 19.9. The van der Waals surface area contributed by atoms with Crippen molar-refractivity contribution in [1.82, 2.24) is 15.5 Å². The highest BCUT2D eigenvalue weighted by atomic mass is 35.5. The summed E-state index contributed by atoms with van der Waals surface area (Å²) < 4.78 is 4.90. The van der Waals surface area contributed by atoms with Gasteiger partial charge in [0.25, 0.3) is 0 Å². The Balaban J connectivity index is 1.67. The Bertz CT molecular complexity index is 942. The van der Waals surface area contributed by atoms with E-state index >= 15 is 0 Å². The Labute approximate surface area is 167 Å². The number of hydrogen-bond donors (Lipinski definition) is 2. The van der Waals surface area contributed by atoms with Crippen LogP contribution in [0.4, 0.5) is 5.82 Å². The van der Waals surface area contributed by atoms with Gasteiger partial charge in [-0.3, -0.25) is 14.6 Å². The highest BCUT2D eigenvalue weighted by Crippen LogP contribution is 2.23. The van der Waals surface area contributed by atoms with Crippen LogP contribution in [0, 0.1) is 6.92 Å². The maximum Gasteiger partial charge on any atom is 0.245 e. The molecular formula is C20H19ClN4O3. The standard InChI is InChI=1S/C20H19ClN4O3/c1-13-10-18(25-28-13)24-19(26)12-23-20(27)17(11-14-6-8-22-9-7-14)15-2-4-16(21)5-3-15/h2-10,17H,11-12H2,1H3,(H,23,27)(H,24,25,26). The molecule has 2 aromatic heterocycles. The molecule has 28 heavy (non-hydrogen) atoms. The van der Waals surface area contributed by atoms with Gasteiger partial charge in [-0.2, -0.15) is 0 Å². The van der Waals surface area contributed by atoms with Crippen molar-refractivity contribution in [2.45, 2.75) is 19.3 Å². The molecule has 0 aliphatic heterocycles. The fraction of sp³-hybridized carbons (Fsp3) is 0.200. The van der Waals surface area contributed by atoms with Crippen LogP contribution >= 0.6 is 11.6 Å². The molecule has 2 amide bonds. The number of aryl methyl sites for hydroxylation is 1. The summed E-state index contributed by atoms with van der Waals surface area (Å²) in [5, 5.41) is 9.54. The summed E-state index contributed by atoms with van der Waals surface area (Å²) in [4.78, 5) is 28.9. The number of anilines is 1. The second-order valence-electron chi connectivity index (χ2n) is 6.25. The van der Waals surface area contributed by atoms with Crippen molar-refractivity contribution in [1.29, 1.82) is 0 Å². The maximum absolute atomic E-state index is 12.8. The first-order valence-corrected chi connectivity index (χ1v) is 9.04. The molecule has 0 radical (unpaired) electrons. The minimum absolute atomic E-state index is 0.175. The van der Waals surface area contributed by atoms with Gasteiger partial charge in [0, 0.05) is 23.5 Å². The van der Waals surface area contributed by atoms with Crippen LogP contribution in [0.2, 0.25) is 5.02 Å². The third kappa shape index (κ3) is 5.40. The van der Waals surface area contributed by atoms with E-state index in [-0.39, 0.29) is 18.4 Å². The number of benzene rings is 1. The lowest BCUT2D eigenvalue weighted by molar-refractivity contribution is -0.125. The zero-order valence-electron chi connectivity index (χ0n) is 15.2. The lowest BCUT2D eigenvalue weighted by Gasteiger charge is -2.17. The molecule has 144 valence electrons. The van der Waals surface area contributed by atoms with Crippen molar-refractivity contribution in [2.75, 3.05) is 11.9 Å². The predicted octanol–water partition coefficient (Wildman–Crippen LogP) is 3.11. The number of pyridine rings is 1. The topological polar surface area (TPSA) is 97.1 Å². The van der Waals surface area contributed by atoms with Crippen LogP contribution in [-0.4, -0.2) is 28.5 Å². The third-order valence-electron chi connectivity index (χ3n) is 4.10. The van der Waals surface area contributed by atoms with Crippen LogP contribution < -0.4 is 10.6 Å². The molecule has 1 aromatic carbocycles. The number of nitrogens with one attached hydrogen (secondary N) is 2. The second-order valence-corrected chi connectivity index (χ2v) is 6.69. The summed E-state index contributed by atoms with van der Waals surface area (Å²) in [5.41, 5.74) is 1.78. The van der Waals surface area contributed by atoms with Gasteiger partial charge in [0.2, 0.25) is 11.8 Å². The molecule has 0 saturated carbocycles. The fourth-order valence-electron chi connectivity index (χ4n) is 2.71. The van der Waals surface area contributed by atoms with Crippen molar-refractivity contribution in [2.24, 2.45) is 0 Å². The number of hydrogen-bond acceptors (Lipinski definition) is 5. The minimum Gasteiger partial charge on any atom is -0.360 e. The number of halogens is 1. The molecule has 3 rings (SSSR count). The van der Waals surface area contributed by atoms with E-state index in [0.29, 0.717) is 23.0 Å². The van der Waals surface area contributed by atoms with E-state index in [0.717, 1.165) is 11.1 Å². The monoisotopic (exact) mass is 398 g/mol. The Morgan fingerprint density at radius 3 is 2.50 bits per heavy atom. The number of aromatic nitrogens is 2. The summed E-state index contributed by atoms with van der Waals surface area (Å²) >= 11 is 5.96. The first-order valence-electron chi connectivity index (χ1n) is 8.66. The van der Waals surface area contributed by atoms with E-state index in [2.05, 4.69) is 20.8 Å². The Morgan fingerprint density at radius 2 is 1.86 bits per heavy atom. The van der Waals surface area contributed by atoms with Gasteiger partial charge >= 0.3 is 0 Å². The smallest absolute Gasteiger partial charge is 0.245 e. The zero-order valence-corrected chi connectivity index (χ0v) is 15.9. The summed E-state index contributed by atoms with van der Waals surface area (Å²) in [5.74, 6) is -0.227. The molecule has 0 fully saturated rings. The van der Waals surface area contributed by atoms with E-state index in [1.54, 1.807) is 37.5 Å². The van der Waals surface area contributed by atoms with E-state index in [4.69, 9.17) is 16.1 Å². The highest BCUT2D eigenvalue weighted by molar-refractivity contribution is 6.30. The molecule has 1 unspecified atom stereocenters. The number of carbonyl (C=O) groups excluding carboxylic acids is 2. The van der Waals surface area contributed by atoms with Gasteiger partial charge < -0.3 is 15.2 Å². The Kier molecular flexibility index (Phi) is 6.39. The van der Waals surface area contributed by atoms with Crippen molar-refractivity contribution >= 4 is 29.2 Å². The quantitative estimate of drug-likeness (QED) is 0.637. The van der Waals surface area contributed by atoms with Gasteiger partial charge in [-0.05, 0) is 48.7 Å². The number of rotatable bonds is 7. The highest BCUT2D eigenvalue weighted by Gasteiger charge is 2.22. The molecule has 8 heteroatoms. The van der Waals surface area contributed by atoms with Crippen molar-refractivity contribution in [3.05, 3.63) is 76.8 Å². The number of amides is 2. The lowest BCUT2D eigenvalue weighted by Crippen LogP contribution is -2.36. The van der Waals surface area contributed by atoms with Gasteiger partial charge in [-0.25, -0.2) is 0 Å². The summed E-state index contributed by atoms with van der Waals surface area (Å²) in [7, 11) is 0. The molecule has 2 heterocycles. The van der Waals surface area contributed by atoms with Gasteiger partial charge in [0.1, 0.15) is 5.76 Å². The molecule has 0 spiro atoms. The average Bonchev–Trinajstić information content (AvgIpc) is 3.10. The first-order chi connectivity index (χ1) is 13.5. The second kappa shape index (κ2) is 9.14. The number of nitrogens with zero attached hydrogens (tertiary/aromatic N) is 2. The molecule has 0 bridgehead atoms. The molecule has 0 aliphatic carbocycles. The largest absolute Gasteiger partial charge is 0.360 e. The molecular weight excluding hydrogens is 380 g/mol. The normalized spacial score (nSPS) is 11.6. The van der Waals surface area contributed by atoms with Gasteiger partial charge in [-0.15, -0.1) is 0 Å². The van der Waals surface area contributed by atoms with E-state index < -0.39 is 5.92 Å². The summed E-state index contributed by atoms with van der Waals surface area (Å²) in [6, 6.07) is 12.4. The van der Waals surface area contributed by atoms with Crippen LogP contribution in [0.1, 0.15) is 22.8 Å². The molecule has 1 atom stereocenters. The Hall–Kier alpha value is -3.19. The SMILES string of the molecule is Cc1cc(NC(=O)CNC(=O)C(Cc2ccncc2)c2ccc(Cl)cc2)no1. The van der Waals surface area contributed by atoms with Gasteiger partial charge in [0.05, 0.1) is 12.5 Å². The minimum atomic E-state index is -0.471. The van der Waals surface area contributed by atoms with Gasteiger partial charge in [-0.1, -0.05) is 28.9 Å². The third-order valence-corrected chi connectivity index (χ3v) is 4.35.